The highest BCUT2D eigenvalue weighted by molar-refractivity contribution is 5.66. The van der Waals surface area contributed by atoms with Crippen molar-refractivity contribution in [1.82, 2.24) is 9.78 Å². The molecule has 0 aliphatic carbocycles. The Labute approximate surface area is 98.2 Å². The second kappa shape index (κ2) is 4.10. The number of rotatable bonds is 3. The average Bonchev–Trinajstić information content (AvgIpc) is 2.96. The number of hydrogen-bond acceptors (Lipinski definition) is 4. The van der Waals surface area contributed by atoms with Crippen LogP contribution in [0, 0.1) is 0 Å². The van der Waals surface area contributed by atoms with Crippen LogP contribution in [0.3, 0.4) is 0 Å². The van der Waals surface area contributed by atoms with Gasteiger partial charge in [-0.05, 0) is 17.7 Å². The number of ether oxygens (including phenoxy) is 2. The standard InChI is InChI=1S/C12H12N2O3/c15-4-3-14-7-10(6-13-14)9-1-2-11-12(5-9)17-8-16-11/h1-2,5-7,15H,3-4,8H2. The van der Waals surface area contributed by atoms with Crippen LogP contribution >= 0.6 is 0 Å². The molecule has 3 rings (SSSR count). The van der Waals surface area contributed by atoms with Gasteiger partial charge in [-0.2, -0.15) is 5.10 Å². The summed E-state index contributed by atoms with van der Waals surface area (Å²) in [7, 11) is 0. The Kier molecular flexibility index (Phi) is 2.45. The fraction of sp³-hybridized carbons (Fsp3) is 0.250. The topological polar surface area (TPSA) is 56.5 Å². The molecule has 17 heavy (non-hydrogen) atoms. The van der Waals surface area contributed by atoms with Crippen LogP contribution < -0.4 is 9.47 Å². The van der Waals surface area contributed by atoms with E-state index >= 15 is 0 Å². The maximum absolute atomic E-state index is 8.83. The van der Waals surface area contributed by atoms with Crippen molar-refractivity contribution in [3.05, 3.63) is 30.6 Å². The molecule has 0 bridgehead atoms. The van der Waals surface area contributed by atoms with E-state index in [9.17, 15) is 0 Å². The minimum absolute atomic E-state index is 0.0856. The molecule has 0 atom stereocenters. The second-order valence-corrected chi connectivity index (χ2v) is 3.78. The van der Waals surface area contributed by atoms with Gasteiger partial charge in [0.2, 0.25) is 6.79 Å². The van der Waals surface area contributed by atoms with E-state index in [4.69, 9.17) is 14.6 Å². The summed E-state index contributed by atoms with van der Waals surface area (Å²) in [5.41, 5.74) is 2.02. The summed E-state index contributed by atoms with van der Waals surface area (Å²) < 4.78 is 12.3. The van der Waals surface area contributed by atoms with Crippen LogP contribution in [0.25, 0.3) is 11.1 Å². The van der Waals surface area contributed by atoms with Gasteiger partial charge in [-0.3, -0.25) is 4.68 Å². The molecule has 0 saturated heterocycles. The summed E-state index contributed by atoms with van der Waals surface area (Å²) in [5, 5.41) is 13.0. The first-order valence-electron chi connectivity index (χ1n) is 5.40. The van der Waals surface area contributed by atoms with E-state index in [0.29, 0.717) is 6.54 Å². The molecule has 1 aliphatic heterocycles. The number of aliphatic hydroxyl groups excluding tert-OH is 1. The lowest BCUT2D eigenvalue weighted by atomic mass is 10.1. The van der Waals surface area contributed by atoms with Gasteiger partial charge in [0.1, 0.15) is 0 Å². The van der Waals surface area contributed by atoms with Gasteiger partial charge in [-0.15, -0.1) is 0 Å². The molecular weight excluding hydrogens is 220 g/mol. The van der Waals surface area contributed by atoms with E-state index in [1.54, 1.807) is 10.9 Å². The Morgan fingerprint density at radius 3 is 3.00 bits per heavy atom. The van der Waals surface area contributed by atoms with Crippen molar-refractivity contribution in [2.75, 3.05) is 13.4 Å². The van der Waals surface area contributed by atoms with Crippen LogP contribution in [-0.2, 0) is 6.54 Å². The minimum atomic E-state index is 0.0856. The summed E-state index contributed by atoms with van der Waals surface area (Å²) >= 11 is 0. The molecular formula is C12H12N2O3. The number of hydrogen-bond donors (Lipinski definition) is 1. The van der Waals surface area contributed by atoms with Crippen molar-refractivity contribution in [2.45, 2.75) is 6.54 Å². The molecule has 88 valence electrons. The zero-order chi connectivity index (χ0) is 11.7. The summed E-state index contributed by atoms with van der Waals surface area (Å²) in [5.74, 6) is 1.54. The Morgan fingerprint density at radius 1 is 1.24 bits per heavy atom. The Balaban J connectivity index is 1.92. The van der Waals surface area contributed by atoms with Gasteiger partial charge >= 0.3 is 0 Å². The Hall–Kier alpha value is -2.01. The monoisotopic (exact) mass is 232 g/mol. The molecule has 0 spiro atoms. The van der Waals surface area contributed by atoms with Crippen LogP contribution in [0.2, 0.25) is 0 Å². The van der Waals surface area contributed by atoms with Crippen LogP contribution in [0.1, 0.15) is 0 Å². The quantitative estimate of drug-likeness (QED) is 0.865. The van der Waals surface area contributed by atoms with Crippen LogP contribution in [0.15, 0.2) is 30.6 Å². The molecule has 2 aromatic rings. The maximum atomic E-state index is 8.83. The molecule has 0 saturated carbocycles. The van der Waals surface area contributed by atoms with E-state index in [1.165, 1.54) is 0 Å². The average molecular weight is 232 g/mol. The molecule has 0 amide bonds. The first-order chi connectivity index (χ1) is 8.36. The first-order valence-corrected chi connectivity index (χ1v) is 5.40. The molecule has 5 nitrogen and oxygen atoms in total. The number of aliphatic hydroxyl groups is 1. The van der Waals surface area contributed by atoms with Gasteiger partial charge < -0.3 is 14.6 Å². The lowest BCUT2D eigenvalue weighted by molar-refractivity contribution is 0.174. The summed E-state index contributed by atoms with van der Waals surface area (Å²) in [6.45, 7) is 0.870. The van der Waals surface area contributed by atoms with E-state index in [2.05, 4.69) is 5.10 Å². The van der Waals surface area contributed by atoms with Gasteiger partial charge in [0, 0.05) is 11.8 Å². The zero-order valence-corrected chi connectivity index (χ0v) is 9.17. The summed E-state index contributed by atoms with van der Waals surface area (Å²) in [6.07, 6.45) is 3.67. The fourth-order valence-electron chi connectivity index (χ4n) is 1.81. The highest BCUT2D eigenvalue weighted by Gasteiger charge is 2.14. The molecule has 5 heteroatoms. The van der Waals surface area contributed by atoms with Gasteiger partial charge in [0.25, 0.3) is 0 Å². The molecule has 1 N–H and O–H groups in total. The SMILES string of the molecule is OCCn1cc(-c2ccc3c(c2)OCO3)cn1. The summed E-state index contributed by atoms with van der Waals surface area (Å²) in [6, 6.07) is 5.79. The van der Waals surface area contributed by atoms with Crippen molar-refractivity contribution in [3.8, 4) is 22.6 Å². The summed E-state index contributed by atoms with van der Waals surface area (Å²) in [4.78, 5) is 0. The van der Waals surface area contributed by atoms with Gasteiger partial charge in [0.15, 0.2) is 11.5 Å². The van der Waals surface area contributed by atoms with Crippen LogP contribution in [-0.4, -0.2) is 28.3 Å². The molecule has 0 fully saturated rings. The Bertz CT molecular complexity index is 536. The minimum Gasteiger partial charge on any atom is -0.454 e. The molecule has 2 heterocycles. The third-order valence-corrected chi connectivity index (χ3v) is 2.67. The third-order valence-electron chi connectivity index (χ3n) is 2.67. The maximum Gasteiger partial charge on any atom is 0.231 e. The van der Waals surface area contributed by atoms with Crippen molar-refractivity contribution in [1.29, 1.82) is 0 Å². The van der Waals surface area contributed by atoms with E-state index < -0.39 is 0 Å². The van der Waals surface area contributed by atoms with Crippen molar-refractivity contribution in [2.24, 2.45) is 0 Å². The van der Waals surface area contributed by atoms with Crippen molar-refractivity contribution < 1.29 is 14.6 Å². The van der Waals surface area contributed by atoms with Crippen molar-refractivity contribution >= 4 is 0 Å². The number of benzene rings is 1. The third kappa shape index (κ3) is 1.85. The lowest BCUT2D eigenvalue weighted by Crippen LogP contribution is -2.01. The largest absolute Gasteiger partial charge is 0.454 e. The molecule has 1 aromatic heterocycles. The smallest absolute Gasteiger partial charge is 0.231 e. The number of nitrogens with zero attached hydrogens (tertiary/aromatic N) is 2. The number of aromatic nitrogens is 2. The normalized spacial score (nSPS) is 13.0. The molecule has 1 aliphatic rings. The van der Waals surface area contributed by atoms with E-state index in [0.717, 1.165) is 22.6 Å². The van der Waals surface area contributed by atoms with Gasteiger partial charge in [-0.25, -0.2) is 0 Å². The predicted octanol–water partition coefficient (Wildman–Crippen LogP) is 1.27. The van der Waals surface area contributed by atoms with Crippen molar-refractivity contribution in [3.63, 3.8) is 0 Å². The van der Waals surface area contributed by atoms with Crippen LogP contribution in [0.4, 0.5) is 0 Å². The number of fused-ring (bicyclic) bond motifs is 1. The molecule has 0 radical (unpaired) electrons. The highest BCUT2D eigenvalue weighted by atomic mass is 16.7. The van der Waals surface area contributed by atoms with Gasteiger partial charge in [-0.1, -0.05) is 6.07 Å². The molecule has 1 aromatic carbocycles. The first kappa shape index (κ1) is 10.2. The Morgan fingerprint density at radius 2 is 2.12 bits per heavy atom. The van der Waals surface area contributed by atoms with Crippen LogP contribution in [0.5, 0.6) is 11.5 Å². The lowest BCUT2D eigenvalue weighted by Gasteiger charge is -2.00. The second-order valence-electron chi connectivity index (χ2n) is 3.78. The van der Waals surface area contributed by atoms with E-state index in [-0.39, 0.29) is 13.4 Å². The van der Waals surface area contributed by atoms with E-state index in [1.807, 2.05) is 24.4 Å². The zero-order valence-electron chi connectivity index (χ0n) is 9.17. The highest BCUT2D eigenvalue weighted by Crippen LogP contribution is 2.35. The fourth-order valence-corrected chi connectivity index (χ4v) is 1.81. The molecule has 0 unspecified atom stereocenters. The predicted molar refractivity (Wildman–Crippen MR) is 60.9 cm³/mol. The van der Waals surface area contributed by atoms with Gasteiger partial charge in [0.05, 0.1) is 19.3 Å².